The molecule has 3 aromatic heterocycles. The van der Waals surface area contributed by atoms with Gasteiger partial charge in [0.25, 0.3) is 0 Å². The van der Waals surface area contributed by atoms with Gasteiger partial charge in [0, 0.05) is 29.5 Å². The van der Waals surface area contributed by atoms with Crippen LogP contribution in [0.3, 0.4) is 0 Å². The number of rotatable bonds is 6. The summed E-state index contributed by atoms with van der Waals surface area (Å²) < 4.78 is 15.4. The van der Waals surface area contributed by atoms with E-state index in [9.17, 15) is 0 Å². The van der Waals surface area contributed by atoms with Crippen LogP contribution in [0.15, 0.2) is 138 Å². The smallest absolute Gasteiger partial charge is 0.237 e. The molecule has 0 saturated heterocycles. The van der Waals surface area contributed by atoms with E-state index in [2.05, 4.69) is 119 Å². The fourth-order valence-electron chi connectivity index (χ4n) is 5.89. The fraction of sp³-hybridized carbons (Fsp3) is 0.0811. The van der Waals surface area contributed by atoms with Gasteiger partial charge in [0.05, 0.1) is 36.7 Å². The van der Waals surface area contributed by atoms with Crippen molar-refractivity contribution in [2.24, 2.45) is 4.99 Å². The Kier molecular flexibility index (Phi) is 6.40. The van der Waals surface area contributed by atoms with E-state index < -0.39 is 0 Å². The molecular formula is C37H30N3O2+. The van der Waals surface area contributed by atoms with Crippen LogP contribution in [-0.2, 0) is 0 Å². The number of allylic oxidation sites excluding steroid dienone is 1. The van der Waals surface area contributed by atoms with E-state index in [1.165, 1.54) is 0 Å². The highest BCUT2D eigenvalue weighted by molar-refractivity contribution is 6.18. The van der Waals surface area contributed by atoms with Gasteiger partial charge in [-0.1, -0.05) is 36.4 Å². The summed E-state index contributed by atoms with van der Waals surface area (Å²) >= 11 is 0. The molecule has 0 unspecified atom stereocenters. The number of aromatic nitrogens is 2. The van der Waals surface area contributed by atoms with Gasteiger partial charge in [-0.05, 0) is 84.8 Å². The maximum atomic E-state index is 5.54. The molecule has 0 saturated carbocycles. The summed E-state index contributed by atoms with van der Waals surface area (Å²) in [4.78, 5) is 5.54. The summed E-state index contributed by atoms with van der Waals surface area (Å²) in [5.41, 5.74) is 11.7. The van der Waals surface area contributed by atoms with Gasteiger partial charge in [-0.15, -0.1) is 0 Å². The Morgan fingerprint density at radius 1 is 0.643 bits per heavy atom. The number of ether oxygens (including phenoxy) is 2. The van der Waals surface area contributed by atoms with Crippen LogP contribution in [0.2, 0.25) is 0 Å². The molecule has 0 N–H and O–H groups in total. The van der Waals surface area contributed by atoms with E-state index in [1.54, 1.807) is 14.2 Å². The van der Waals surface area contributed by atoms with Crippen molar-refractivity contribution in [1.82, 2.24) is 4.40 Å². The molecule has 6 aromatic rings. The summed E-state index contributed by atoms with van der Waals surface area (Å²) in [6.45, 7) is 2.16. The third kappa shape index (κ3) is 4.18. The first-order valence-corrected chi connectivity index (χ1v) is 14.0. The number of hydrogen-bond acceptors (Lipinski definition) is 3. The lowest BCUT2D eigenvalue weighted by Crippen LogP contribution is -2.34. The molecule has 5 nitrogen and oxygen atoms in total. The van der Waals surface area contributed by atoms with Gasteiger partial charge in [-0.2, -0.15) is 4.57 Å². The van der Waals surface area contributed by atoms with Crippen LogP contribution < -0.4 is 14.0 Å². The fourth-order valence-corrected chi connectivity index (χ4v) is 5.89. The number of nitrogens with zero attached hydrogens (tertiary/aromatic N) is 3. The van der Waals surface area contributed by atoms with E-state index >= 15 is 0 Å². The molecule has 0 fully saturated rings. The number of benzene rings is 3. The predicted molar refractivity (Wildman–Crippen MR) is 169 cm³/mol. The van der Waals surface area contributed by atoms with Crippen LogP contribution in [0.5, 0.6) is 11.5 Å². The molecule has 5 heteroatoms. The molecule has 3 aromatic carbocycles. The third-order valence-corrected chi connectivity index (χ3v) is 7.88. The standard InChI is InChI=1S/C37H30N3O2/c1-25-34(31-13-7-9-23-39(31)36(25)27-15-19-29(41-2)20-16-27)38-35-32-14-8-10-24-40(32)37(28-17-21-30(42-3)22-18-28)33(35)26-11-5-4-6-12-26/h4-24H,1-3H3/q+1. The zero-order valence-corrected chi connectivity index (χ0v) is 23.8. The monoisotopic (exact) mass is 548 g/mol. The zero-order chi connectivity index (χ0) is 28.6. The van der Waals surface area contributed by atoms with Crippen molar-refractivity contribution in [3.05, 3.63) is 144 Å². The second-order valence-electron chi connectivity index (χ2n) is 10.2. The molecular weight excluding hydrogens is 518 g/mol. The van der Waals surface area contributed by atoms with Crippen molar-refractivity contribution in [3.8, 4) is 33.9 Å². The maximum Gasteiger partial charge on any atom is 0.237 e. The lowest BCUT2D eigenvalue weighted by atomic mass is 9.99. The van der Waals surface area contributed by atoms with Crippen molar-refractivity contribution >= 4 is 22.6 Å². The van der Waals surface area contributed by atoms with Crippen molar-refractivity contribution in [3.63, 3.8) is 0 Å². The first-order chi connectivity index (χ1) is 20.7. The van der Waals surface area contributed by atoms with Gasteiger partial charge >= 0.3 is 0 Å². The highest BCUT2D eigenvalue weighted by Gasteiger charge is 2.35. The van der Waals surface area contributed by atoms with Crippen molar-refractivity contribution in [1.29, 1.82) is 0 Å². The van der Waals surface area contributed by atoms with Crippen LogP contribution in [0, 0.1) is 0 Å². The minimum Gasteiger partial charge on any atom is -0.497 e. The lowest BCUT2D eigenvalue weighted by Gasteiger charge is -2.09. The number of fused-ring (bicyclic) bond motifs is 2. The average Bonchev–Trinajstić information content (AvgIpc) is 3.53. The molecule has 4 heterocycles. The Morgan fingerprint density at radius 3 is 1.98 bits per heavy atom. The average molecular weight is 549 g/mol. The molecule has 42 heavy (non-hydrogen) atoms. The number of pyridine rings is 2. The van der Waals surface area contributed by atoms with E-state index in [0.717, 1.165) is 73.3 Å². The minimum absolute atomic E-state index is 0.827. The molecule has 0 spiro atoms. The quantitative estimate of drug-likeness (QED) is 0.198. The Bertz CT molecular complexity index is 1980. The highest BCUT2D eigenvalue weighted by Crippen LogP contribution is 2.45. The van der Waals surface area contributed by atoms with Crippen LogP contribution >= 0.6 is 0 Å². The van der Waals surface area contributed by atoms with Gasteiger partial charge in [0.1, 0.15) is 17.2 Å². The summed E-state index contributed by atoms with van der Waals surface area (Å²) in [6.07, 6.45) is 4.23. The topological polar surface area (TPSA) is 39.1 Å². The lowest BCUT2D eigenvalue weighted by molar-refractivity contribution is -0.577. The van der Waals surface area contributed by atoms with Crippen LogP contribution in [0.1, 0.15) is 18.2 Å². The molecule has 0 aliphatic carbocycles. The number of aliphatic imine (C=N–C) groups is 1. The minimum atomic E-state index is 0.827. The Labute approximate surface area is 245 Å². The van der Waals surface area contributed by atoms with Crippen molar-refractivity contribution in [2.75, 3.05) is 14.2 Å². The van der Waals surface area contributed by atoms with Gasteiger partial charge < -0.3 is 13.9 Å². The number of hydrogen-bond donors (Lipinski definition) is 0. The summed E-state index contributed by atoms with van der Waals surface area (Å²) in [5.74, 6) is 1.66. The van der Waals surface area contributed by atoms with Crippen LogP contribution in [-0.4, -0.2) is 24.3 Å². The summed E-state index contributed by atoms with van der Waals surface area (Å²) in [6, 6.07) is 39.6. The van der Waals surface area contributed by atoms with Crippen molar-refractivity contribution < 1.29 is 14.0 Å². The first-order valence-electron chi connectivity index (χ1n) is 14.0. The molecule has 204 valence electrons. The SMILES string of the molecule is COc1ccc(C2=C(C)C(=Nc3c(-c4ccccc4)c(-c4ccc(OC)cc4)n4ccccc34)c3cccc[n+]32)cc1. The maximum absolute atomic E-state index is 5.54. The van der Waals surface area contributed by atoms with E-state index in [-0.39, 0.29) is 0 Å². The Balaban J connectivity index is 1.52. The Morgan fingerprint density at radius 2 is 1.29 bits per heavy atom. The second kappa shape index (κ2) is 10.5. The van der Waals surface area contributed by atoms with E-state index in [1.807, 2.05) is 24.3 Å². The van der Waals surface area contributed by atoms with Crippen LogP contribution in [0.4, 0.5) is 5.69 Å². The van der Waals surface area contributed by atoms with E-state index in [0.29, 0.717) is 0 Å². The third-order valence-electron chi connectivity index (χ3n) is 7.88. The molecule has 1 aliphatic rings. The molecule has 0 bridgehead atoms. The Hall–Kier alpha value is -5.42. The van der Waals surface area contributed by atoms with Gasteiger partial charge in [0.15, 0.2) is 6.20 Å². The van der Waals surface area contributed by atoms with Gasteiger partial charge in [-0.3, -0.25) is 0 Å². The normalized spacial score (nSPS) is 13.5. The van der Waals surface area contributed by atoms with Crippen LogP contribution in [0.25, 0.3) is 33.6 Å². The largest absolute Gasteiger partial charge is 0.497 e. The predicted octanol–water partition coefficient (Wildman–Crippen LogP) is 7.99. The van der Waals surface area contributed by atoms with E-state index in [4.69, 9.17) is 14.5 Å². The second-order valence-corrected chi connectivity index (χ2v) is 10.2. The molecule has 7 rings (SSSR count). The van der Waals surface area contributed by atoms with Gasteiger partial charge in [-0.25, -0.2) is 4.99 Å². The molecule has 0 radical (unpaired) electrons. The first kappa shape index (κ1) is 25.5. The highest BCUT2D eigenvalue weighted by atomic mass is 16.5. The molecule has 0 amide bonds. The zero-order valence-electron chi connectivity index (χ0n) is 23.8. The summed E-state index contributed by atoms with van der Waals surface area (Å²) in [5, 5.41) is 0. The van der Waals surface area contributed by atoms with Gasteiger partial charge in [0.2, 0.25) is 11.4 Å². The summed E-state index contributed by atoms with van der Waals surface area (Å²) in [7, 11) is 3.38. The molecule has 0 atom stereocenters. The molecule has 1 aliphatic heterocycles. The number of methoxy groups -OCH3 is 2. The van der Waals surface area contributed by atoms with Crippen molar-refractivity contribution in [2.45, 2.75) is 6.92 Å².